The van der Waals surface area contributed by atoms with Crippen molar-refractivity contribution in [2.75, 3.05) is 26.9 Å². The van der Waals surface area contributed by atoms with Crippen LogP contribution in [0.2, 0.25) is 0 Å². The van der Waals surface area contributed by atoms with Crippen LogP contribution < -0.4 is 14.2 Å². The number of aliphatic hydroxyl groups excluding tert-OH is 3. The SMILES string of the molecule is CCCCCCCOc1cc2c(c(OCCCCCCC)c1OC)[C@@H]1O[C@H](CO)[C@@H](O)[C@H](O)[C@H]1OC2=O. The second-order valence-electron chi connectivity index (χ2n) is 9.85. The highest BCUT2D eigenvalue weighted by Crippen LogP contribution is 2.51. The van der Waals surface area contributed by atoms with Crippen molar-refractivity contribution in [2.24, 2.45) is 0 Å². The van der Waals surface area contributed by atoms with E-state index in [-0.39, 0.29) is 5.56 Å². The van der Waals surface area contributed by atoms with E-state index < -0.39 is 43.1 Å². The van der Waals surface area contributed by atoms with Gasteiger partial charge in [-0.2, -0.15) is 0 Å². The molecule has 9 heteroatoms. The molecule has 0 spiro atoms. The molecule has 0 radical (unpaired) electrons. The minimum atomic E-state index is -1.43. The van der Waals surface area contributed by atoms with Crippen LogP contribution in [0.3, 0.4) is 0 Å². The number of esters is 1. The van der Waals surface area contributed by atoms with E-state index in [9.17, 15) is 20.1 Å². The molecule has 0 saturated carbocycles. The van der Waals surface area contributed by atoms with Gasteiger partial charge in [-0.15, -0.1) is 0 Å². The number of rotatable bonds is 16. The molecule has 1 saturated heterocycles. The Kier molecular flexibility index (Phi) is 11.8. The molecule has 0 aromatic heterocycles. The van der Waals surface area contributed by atoms with E-state index in [1.165, 1.54) is 13.5 Å². The van der Waals surface area contributed by atoms with E-state index in [0.29, 0.717) is 36.0 Å². The number of hydrogen-bond acceptors (Lipinski definition) is 9. The first-order valence-electron chi connectivity index (χ1n) is 13.8. The van der Waals surface area contributed by atoms with Gasteiger partial charge >= 0.3 is 5.97 Å². The Morgan fingerprint density at radius 3 is 2.08 bits per heavy atom. The van der Waals surface area contributed by atoms with Crippen molar-refractivity contribution in [3.63, 3.8) is 0 Å². The van der Waals surface area contributed by atoms with Gasteiger partial charge in [0.2, 0.25) is 5.75 Å². The molecule has 0 aliphatic carbocycles. The van der Waals surface area contributed by atoms with E-state index in [4.69, 9.17) is 23.7 Å². The van der Waals surface area contributed by atoms with E-state index in [2.05, 4.69) is 13.8 Å². The maximum atomic E-state index is 13.1. The van der Waals surface area contributed by atoms with Gasteiger partial charge in [-0.3, -0.25) is 0 Å². The summed E-state index contributed by atoms with van der Waals surface area (Å²) < 4.78 is 29.5. The first-order chi connectivity index (χ1) is 18.0. The highest BCUT2D eigenvalue weighted by Gasteiger charge is 2.52. The van der Waals surface area contributed by atoms with E-state index in [1.54, 1.807) is 6.07 Å². The second kappa shape index (κ2) is 14.8. The summed E-state index contributed by atoms with van der Waals surface area (Å²) in [5.74, 6) is 0.363. The Hall–Kier alpha value is -2.07. The molecule has 1 fully saturated rings. The van der Waals surface area contributed by atoms with Crippen LogP contribution in [-0.2, 0) is 9.47 Å². The molecule has 1 aromatic carbocycles. The number of hydrogen-bond donors (Lipinski definition) is 3. The Balaban J connectivity index is 1.93. The summed E-state index contributed by atoms with van der Waals surface area (Å²) in [5, 5.41) is 30.7. The van der Waals surface area contributed by atoms with Gasteiger partial charge in [0.1, 0.15) is 24.4 Å². The molecule has 5 atom stereocenters. The highest BCUT2D eigenvalue weighted by atomic mass is 16.6. The Labute approximate surface area is 220 Å². The van der Waals surface area contributed by atoms with E-state index in [0.717, 1.165) is 57.8 Å². The zero-order valence-electron chi connectivity index (χ0n) is 22.4. The predicted molar refractivity (Wildman–Crippen MR) is 137 cm³/mol. The first kappa shape index (κ1) is 29.5. The van der Waals surface area contributed by atoms with Crippen LogP contribution in [0.4, 0.5) is 0 Å². The van der Waals surface area contributed by atoms with Gasteiger partial charge < -0.3 is 39.0 Å². The van der Waals surface area contributed by atoms with Crippen LogP contribution in [-0.4, -0.2) is 72.6 Å². The summed E-state index contributed by atoms with van der Waals surface area (Å²) in [5.41, 5.74) is 0.579. The van der Waals surface area contributed by atoms with Crippen LogP contribution in [0, 0.1) is 0 Å². The fraction of sp³-hybridized carbons (Fsp3) is 0.750. The number of methoxy groups -OCH3 is 1. The molecule has 1 aromatic rings. The quantitative estimate of drug-likeness (QED) is 0.217. The van der Waals surface area contributed by atoms with E-state index in [1.807, 2.05) is 0 Å². The summed E-state index contributed by atoms with van der Waals surface area (Å²) in [7, 11) is 1.51. The van der Waals surface area contributed by atoms with Gasteiger partial charge in [-0.05, 0) is 18.9 Å². The lowest BCUT2D eigenvalue weighted by Crippen LogP contribution is -2.58. The van der Waals surface area contributed by atoms with Gasteiger partial charge in [0.15, 0.2) is 17.6 Å². The number of ether oxygens (including phenoxy) is 5. The van der Waals surface area contributed by atoms with Crippen LogP contribution in [0.25, 0.3) is 0 Å². The number of carbonyl (C=O) groups is 1. The third-order valence-corrected chi connectivity index (χ3v) is 7.06. The van der Waals surface area contributed by atoms with Crippen molar-refractivity contribution in [3.05, 3.63) is 17.2 Å². The Bertz CT molecular complexity index is 859. The number of carbonyl (C=O) groups excluding carboxylic acids is 1. The minimum absolute atomic E-state index is 0.198. The van der Waals surface area contributed by atoms with Crippen molar-refractivity contribution in [1.29, 1.82) is 0 Å². The summed E-state index contributed by atoms with van der Waals surface area (Å²) in [6.45, 7) is 4.68. The second-order valence-corrected chi connectivity index (χ2v) is 9.85. The third kappa shape index (κ3) is 7.07. The van der Waals surface area contributed by atoms with Crippen LogP contribution >= 0.6 is 0 Å². The molecule has 0 bridgehead atoms. The van der Waals surface area contributed by atoms with Gasteiger partial charge in [0, 0.05) is 5.56 Å². The highest BCUT2D eigenvalue weighted by molar-refractivity contribution is 5.95. The van der Waals surface area contributed by atoms with Crippen molar-refractivity contribution in [1.82, 2.24) is 0 Å². The molecular formula is C28H44O9. The molecule has 210 valence electrons. The fourth-order valence-electron chi connectivity index (χ4n) is 4.94. The Morgan fingerprint density at radius 1 is 0.865 bits per heavy atom. The van der Waals surface area contributed by atoms with Crippen LogP contribution in [0.1, 0.15) is 100 Å². The van der Waals surface area contributed by atoms with Crippen molar-refractivity contribution < 1.29 is 43.8 Å². The molecule has 9 nitrogen and oxygen atoms in total. The van der Waals surface area contributed by atoms with Crippen LogP contribution in [0.15, 0.2) is 6.07 Å². The maximum absolute atomic E-state index is 13.1. The first-order valence-corrected chi connectivity index (χ1v) is 13.8. The number of fused-ring (bicyclic) bond motifs is 3. The topological polar surface area (TPSA) is 124 Å². The normalized spacial score (nSPS) is 24.7. The lowest BCUT2D eigenvalue weighted by molar-refractivity contribution is -0.235. The lowest BCUT2D eigenvalue weighted by Gasteiger charge is -2.44. The van der Waals surface area contributed by atoms with Crippen LogP contribution in [0.5, 0.6) is 17.2 Å². The average Bonchev–Trinajstić information content (AvgIpc) is 2.90. The van der Waals surface area contributed by atoms with Crippen molar-refractivity contribution in [3.8, 4) is 17.2 Å². The van der Waals surface area contributed by atoms with Gasteiger partial charge in [-0.25, -0.2) is 4.79 Å². The maximum Gasteiger partial charge on any atom is 0.339 e. The standard InChI is InChI=1S/C28H44O9/c1-4-6-8-10-12-14-34-19-16-18-21(25(24(19)33-3)35-15-13-11-9-7-5-2)26-27(37-28(18)32)23(31)22(30)20(17-29)36-26/h16,20,22-23,26-27,29-31H,4-15,17H2,1-3H3/t20-,22-,23+,26+,27-/m1/s1. The molecule has 3 rings (SSSR count). The molecule has 3 N–H and O–H groups in total. The van der Waals surface area contributed by atoms with E-state index >= 15 is 0 Å². The number of benzene rings is 1. The third-order valence-electron chi connectivity index (χ3n) is 7.06. The molecule has 0 amide bonds. The van der Waals surface area contributed by atoms with Crippen molar-refractivity contribution >= 4 is 5.97 Å². The predicted octanol–water partition coefficient (Wildman–Crippen LogP) is 4.09. The monoisotopic (exact) mass is 524 g/mol. The molecule has 2 heterocycles. The molecule has 0 unspecified atom stereocenters. The summed E-state index contributed by atoms with van der Waals surface area (Å²) in [4.78, 5) is 13.1. The average molecular weight is 525 g/mol. The number of unbranched alkanes of at least 4 members (excludes halogenated alkanes) is 8. The van der Waals surface area contributed by atoms with Gasteiger partial charge in [-0.1, -0.05) is 65.2 Å². The largest absolute Gasteiger partial charge is 0.490 e. The molecular weight excluding hydrogens is 480 g/mol. The summed E-state index contributed by atoms with van der Waals surface area (Å²) in [6.07, 6.45) is 4.65. The Morgan fingerprint density at radius 2 is 1.49 bits per heavy atom. The zero-order chi connectivity index (χ0) is 26.8. The minimum Gasteiger partial charge on any atom is -0.490 e. The lowest BCUT2D eigenvalue weighted by atomic mass is 9.86. The zero-order valence-corrected chi connectivity index (χ0v) is 22.4. The fourth-order valence-corrected chi connectivity index (χ4v) is 4.94. The van der Waals surface area contributed by atoms with Gasteiger partial charge in [0.05, 0.1) is 32.5 Å². The molecule has 2 aliphatic rings. The molecule has 2 aliphatic heterocycles. The smallest absolute Gasteiger partial charge is 0.339 e. The van der Waals surface area contributed by atoms with Gasteiger partial charge in [0.25, 0.3) is 0 Å². The number of aliphatic hydroxyl groups is 3. The summed E-state index contributed by atoms with van der Waals surface area (Å²) >= 11 is 0. The van der Waals surface area contributed by atoms with Crippen molar-refractivity contribution in [2.45, 2.75) is 109 Å². The molecule has 37 heavy (non-hydrogen) atoms. The summed E-state index contributed by atoms with van der Waals surface area (Å²) in [6, 6.07) is 1.57.